The maximum absolute atomic E-state index is 13.5. The second-order valence-corrected chi connectivity index (χ2v) is 5.49. The van der Waals surface area contributed by atoms with E-state index in [0.29, 0.717) is 11.9 Å². The molecule has 0 bridgehead atoms. The molecule has 0 amide bonds. The Morgan fingerprint density at radius 1 is 1.19 bits per heavy atom. The van der Waals surface area contributed by atoms with Gasteiger partial charge in [-0.05, 0) is 0 Å². The van der Waals surface area contributed by atoms with Crippen molar-refractivity contribution < 1.29 is 17.9 Å². The van der Waals surface area contributed by atoms with Crippen LogP contribution in [-0.2, 0) is 6.54 Å². The largest absolute Gasteiger partial charge is 0.480 e. The maximum atomic E-state index is 13.5. The number of hydrogen-bond donors (Lipinski definition) is 1. The van der Waals surface area contributed by atoms with E-state index in [0.717, 1.165) is 16.1 Å². The van der Waals surface area contributed by atoms with Gasteiger partial charge in [0.15, 0.2) is 16.8 Å². The molecule has 0 saturated carbocycles. The molecule has 2 aromatic rings. The fraction of sp³-hybridized carbons (Fsp3) is 0.308. The molecule has 4 nitrogen and oxygen atoms in total. The zero-order valence-electron chi connectivity index (χ0n) is 11.7. The van der Waals surface area contributed by atoms with Gasteiger partial charge in [0.1, 0.15) is 5.82 Å². The number of methoxy groups -OCH3 is 1. The van der Waals surface area contributed by atoms with Crippen molar-refractivity contribution in [3.8, 4) is 5.88 Å². The standard InChI is InChI=1S/C13H14F3N3OS/c1-19(2)13-18-12(20-3)11(21-13)6-17-10-5-8(15)7(14)4-9(10)16/h4-5,17H,6H2,1-3H3. The second-order valence-electron chi connectivity index (χ2n) is 4.42. The Bertz CT molecular complexity index is 646. The molecule has 1 aromatic carbocycles. The fourth-order valence-corrected chi connectivity index (χ4v) is 2.51. The minimum Gasteiger partial charge on any atom is -0.480 e. The van der Waals surface area contributed by atoms with Crippen LogP contribution in [0.5, 0.6) is 5.88 Å². The third-order valence-corrected chi connectivity index (χ3v) is 3.88. The first-order valence-electron chi connectivity index (χ1n) is 6.01. The summed E-state index contributed by atoms with van der Waals surface area (Å²) in [5.41, 5.74) is -0.115. The van der Waals surface area contributed by atoms with E-state index in [-0.39, 0.29) is 12.2 Å². The lowest BCUT2D eigenvalue weighted by atomic mass is 10.3. The van der Waals surface area contributed by atoms with Crippen LogP contribution in [-0.4, -0.2) is 26.2 Å². The van der Waals surface area contributed by atoms with Crippen LogP contribution in [0.15, 0.2) is 12.1 Å². The molecule has 0 saturated heterocycles. The van der Waals surface area contributed by atoms with Crippen molar-refractivity contribution >= 4 is 22.2 Å². The first-order chi connectivity index (χ1) is 9.92. The Morgan fingerprint density at radius 2 is 1.86 bits per heavy atom. The zero-order valence-corrected chi connectivity index (χ0v) is 12.5. The minimum absolute atomic E-state index is 0.115. The highest BCUT2D eigenvalue weighted by atomic mass is 32.1. The van der Waals surface area contributed by atoms with Crippen molar-refractivity contribution in [2.45, 2.75) is 6.54 Å². The van der Waals surface area contributed by atoms with Crippen molar-refractivity contribution in [3.05, 3.63) is 34.5 Å². The number of hydrogen-bond acceptors (Lipinski definition) is 5. The third kappa shape index (κ3) is 3.38. The zero-order chi connectivity index (χ0) is 15.6. The van der Waals surface area contributed by atoms with Crippen LogP contribution in [0.2, 0.25) is 0 Å². The van der Waals surface area contributed by atoms with E-state index in [1.807, 2.05) is 19.0 Å². The summed E-state index contributed by atoms with van der Waals surface area (Å²) >= 11 is 1.36. The highest BCUT2D eigenvalue weighted by Crippen LogP contribution is 2.31. The van der Waals surface area contributed by atoms with Crippen LogP contribution in [0.25, 0.3) is 0 Å². The molecule has 1 heterocycles. The van der Waals surface area contributed by atoms with E-state index in [4.69, 9.17) is 4.74 Å². The van der Waals surface area contributed by atoms with Gasteiger partial charge < -0.3 is 15.0 Å². The summed E-state index contributed by atoms with van der Waals surface area (Å²) in [6.45, 7) is 0.191. The number of rotatable bonds is 5. The number of thiazole rings is 1. The maximum Gasteiger partial charge on any atom is 0.231 e. The number of halogens is 3. The van der Waals surface area contributed by atoms with Crippen LogP contribution in [0, 0.1) is 17.5 Å². The summed E-state index contributed by atoms with van der Waals surface area (Å²) < 4.78 is 44.6. The highest BCUT2D eigenvalue weighted by Gasteiger charge is 2.15. The van der Waals surface area contributed by atoms with Crippen LogP contribution in [0.3, 0.4) is 0 Å². The van der Waals surface area contributed by atoms with Crippen LogP contribution in [0.1, 0.15) is 4.88 Å². The van der Waals surface area contributed by atoms with Gasteiger partial charge in [0, 0.05) is 26.2 Å². The second kappa shape index (κ2) is 6.21. The molecule has 2 rings (SSSR count). The van der Waals surface area contributed by atoms with E-state index in [9.17, 15) is 13.2 Å². The molecule has 1 aromatic heterocycles. The van der Waals surface area contributed by atoms with Crippen LogP contribution >= 0.6 is 11.3 Å². The Labute approximate surface area is 124 Å². The monoisotopic (exact) mass is 317 g/mol. The molecule has 1 N–H and O–H groups in total. The molecule has 0 aliphatic rings. The van der Waals surface area contributed by atoms with Crippen molar-refractivity contribution in [2.75, 3.05) is 31.4 Å². The molecule has 0 aliphatic heterocycles. The van der Waals surface area contributed by atoms with Gasteiger partial charge in [-0.1, -0.05) is 11.3 Å². The van der Waals surface area contributed by atoms with Gasteiger partial charge >= 0.3 is 0 Å². The van der Waals surface area contributed by atoms with Gasteiger partial charge in [-0.2, -0.15) is 4.98 Å². The SMILES string of the molecule is COc1nc(N(C)C)sc1CNc1cc(F)c(F)cc1F. The van der Waals surface area contributed by atoms with E-state index in [2.05, 4.69) is 10.3 Å². The van der Waals surface area contributed by atoms with Gasteiger partial charge in [-0.15, -0.1) is 0 Å². The Balaban J connectivity index is 2.18. The molecule has 0 radical (unpaired) electrons. The topological polar surface area (TPSA) is 37.4 Å². The van der Waals surface area contributed by atoms with E-state index in [1.165, 1.54) is 18.4 Å². The Hall–Kier alpha value is -1.96. The molecule has 0 atom stereocenters. The van der Waals surface area contributed by atoms with E-state index < -0.39 is 17.5 Å². The number of benzene rings is 1. The third-order valence-electron chi connectivity index (χ3n) is 2.68. The average molecular weight is 317 g/mol. The molecule has 21 heavy (non-hydrogen) atoms. The summed E-state index contributed by atoms with van der Waals surface area (Å²) in [7, 11) is 5.16. The lowest BCUT2D eigenvalue weighted by Gasteiger charge is -2.07. The molecule has 0 spiro atoms. The van der Waals surface area contributed by atoms with Gasteiger partial charge in [-0.25, -0.2) is 13.2 Å². The first-order valence-corrected chi connectivity index (χ1v) is 6.83. The molecular weight excluding hydrogens is 303 g/mol. The minimum atomic E-state index is -1.22. The molecule has 8 heteroatoms. The molecule has 0 fully saturated rings. The lowest BCUT2D eigenvalue weighted by Crippen LogP contribution is -2.07. The molecule has 0 aliphatic carbocycles. The Morgan fingerprint density at radius 3 is 2.48 bits per heavy atom. The number of ether oxygens (including phenoxy) is 1. The van der Waals surface area contributed by atoms with Crippen molar-refractivity contribution in [2.24, 2.45) is 0 Å². The highest BCUT2D eigenvalue weighted by molar-refractivity contribution is 7.15. The lowest BCUT2D eigenvalue weighted by molar-refractivity contribution is 0.397. The van der Waals surface area contributed by atoms with Gasteiger partial charge in [0.2, 0.25) is 5.88 Å². The van der Waals surface area contributed by atoms with Gasteiger partial charge in [-0.3, -0.25) is 0 Å². The fourth-order valence-electron chi connectivity index (χ4n) is 1.62. The van der Waals surface area contributed by atoms with Gasteiger partial charge in [0.25, 0.3) is 0 Å². The Kier molecular flexibility index (Phi) is 4.56. The molecule has 114 valence electrons. The average Bonchev–Trinajstić information content (AvgIpc) is 2.85. The first kappa shape index (κ1) is 15.4. The summed E-state index contributed by atoms with van der Waals surface area (Å²) in [5.74, 6) is -2.77. The van der Waals surface area contributed by atoms with E-state index >= 15 is 0 Å². The quantitative estimate of drug-likeness (QED) is 0.859. The van der Waals surface area contributed by atoms with Crippen molar-refractivity contribution in [1.29, 1.82) is 0 Å². The smallest absolute Gasteiger partial charge is 0.231 e. The number of aromatic nitrogens is 1. The molecular formula is C13H14F3N3OS. The van der Waals surface area contributed by atoms with Crippen molar-refractivity contribution in [1.82, 2.24) is 4.98 Å². The summed E-state index contributed by atoms with van der Waals surface area (Å²) in [6.07, 6.45) is 0. The van der Waals surface area contributed by atoms with Crippen molar-refractivity contribution in [3.63, 3.8) is 0 Å². The summed E-state index contributed by atoms with van der Waals surface area (Å²) in [5, 5.41) is 3.45. The number of anilines is 2. The number of nitrogens with zero attached hydrogens (tertiary/aromatic N) is 2. The van der Waals surface area contributed by atoms with Gasteiger partial charge in [0.05, 0.1) is 24.2 Å². The number of nitrogens with one attached hydrogen (secondary N) is 1. The van der Waals surface area contributed by atoms with Crippen LogP contribution in [0.4, 0.5) is 24.0 Å². The summed E-state index contributed by atoms with van der Waals surface area (Å²) in [6, 6.07) is 1.29. The van der Waals surface area contributed by atoms with E-state index in [1.54, 1.807) is 0 Å². The molecule has 0 unspecified atom stereocenters. The predicted molar refractivity (Wildman–Crippen MR) is 76.6 cm³/mol. The predicted octanol–water partition coefficient (Wildman–Crippen LogP) is 3.25. The summed E-state index contributed by atoms with van der Waals surface area (Å²) in [4.78, 5) is 6.79. The van der Waals surface area contributed by atoms with Crippen LogP contribution < -0.4 is 15.0 Å². The normalized spacial score (nSPS) is 10.6.